The van der Waals surface area contributed by atoms with Gasteiger partial charge in [0.25, 0.3) is 5.91 Å². The second-order valence-electron chi connectivity index (χ2n) is 13.4. The summed E-state index contributed by atoms with van der Waals surface area (Å²) in [6, 6.07) is 7.37. The minimum absolute atomic E-state index is 0.205. The van der Waals surface area contributed by atoms with E-state index in [1.54, 1.807) is 12.1 Å². The number of aryl methyl sites for hydroxylation is 1. The lowest BCUT2D eigenvalue weighted by Gasteiger charge is -2.65. The highest BCUT2D eigenvalue weighted by atomic mass is 16.7. The number of carbonyl (C=O) groups excluding carboxylic acids is 3. The molecule has 2 atom stereocenters. The summed E-state index contributed by atoms with van der Waals surface area (Å²) >= 11 is 0. The van der Waals surface area contributed by atoms with Crippen LogP contribution in [0, 0.1) is 16.7 Å². The monoisotopic (exact) mass is 498 g/mol. The standard InChI is InChI=1S/C29H42N2O5/c1-26(2,3)35-24(33)22-12-10-20(11-13-22)8-6-7-9-23(32)31-36-25(34)30-29-16-21-14-27(4,18-29)17-28(5,15-21)19-29/h10-13,21H,6-9,14-19H2,1-5H3,(H,30,34)(H,31,32). The van der Waals surface area contributed by atoms with Gasteiger partial charge in [-0.05, 0) is 113 Å². The minimum atomic E-state index is -0.553. The highest BCUT2D eigenvalue weighted by molar-refractivity contribution is 5.89. The van der Waals surface area contributed by atoms with Crippen LogP contribution in [0.5, 0.6) is 0 Å². The number of carbonyl (C=O) groups is 3. The second kappa shape index (κ2) is 9.71. The molecule has 1 aromatic carbocycles. The van der Waals surface area contributed by atoms with Gasteiger partial charge in [-0.1, -0.05) is 26.0 Å². The fraction of sp³-hybridized carbons (Fsp3) is 0.690. The molecule has 2 N–H and O–H groups in total. The Morgan fingerprint density at radius 3 is 2.17 bits per heavy atom. The zero-order chi connectivity index (χ0) is 26.2. The Labute approximate surface area is 215 Å². The zero-order valence-corrected chi connectivity index (χ0v) is 22.5. The molecule has 1 aromatic rings. The van der Waals surface area contributed by atoms with E-state index in [9.17, 15) is 14.4 Å². The van der Waals surface area contributed by atoms with Crippen molar-refractivity contribution in [1.29, 1.82) is 0 Å². The summed E-state index contributed by atoms with van der Waals surface area (Å²) in [4.78, 5) is 41.9. The molecule has 2 amide bonds. The molecule has 198 valence electrons. The second-order valence-corrected chi connectivity index (χ2v) is 13.4. The van der Waals surface area contributed by atoms with Crippen LogP contribution in [0.1, 0.15) is 108 Å². The Morgan fingerprint density at radius 1 is 0.944 bits per heavy atom. The first kappa shape index (κ1) is 26.5. The largest absolute Gasteiger partial charge is 0.456 e. The molecule has 0 aromatic heterocycles. The summed E-state index contributed by atoms with van der Waals surface area (Å²) in [6.07, 6.45) is 8.76. The Balaban J connectivity index is 1.14. The molecule has 0 saturated heterocycles. The van der Waals surface area contributed by atoms with Crippen molar-refractivity contribution in [3.63, 3.8) is 0 Å². The van der Waals surface area contributed by atoms with Gasteiger partial charge in [0.15, 0.2) is 0 Å². The molecule has 5 rings (SSSR count). The summed E-state index contributed by atoms with van der Waals surface area (Å²) in [5, 5.41) is 3.14. The first-order valence-electron chi connectivity index (χ1n) is 13.4. The summed E-state index contributed by atoms with van der Waals surface area (Å²) in [5.41, 5.74) is 3.80. The third-order valence-corrected chi connectivity index (χ3v) is 7.96. The van der Waals surface area contributed by atoms with Gasteiger partial charge >= 0.3 is 12.1 Å². The number of hydrogen-bond donors (Lipinski definition) is 2. The van der Waals surface area contributed by atoms with Crippen molar-refractivity contribution in [2.45, 2.75) is 110 Å². The van der Waals surface area contributed by atoms with Gasteiger partial charge in [-0.15, -0.1) is 0 Å². The smallest absolute Gasteiger partial charge is 0.431 e. The summed E-state index contributed by atoms with van der Waals surface area (Å²) in [5.74, 6) is 0.0378. The van der Waals surface area contributed by atoms with E-state index in [4.69, 9.17) is 9.57 Å². The zero-order valence-electron chi connectivity index (χ0n) is 22.5. The Kier molecular flexibility index (Phi) is 7.15. The lowest BCUT2D eigenvalue weighted by atomic mass is 9.43. The number of unbranched alkanes of at least 4 members (excludes halogenated alkanes) is 1. The van der Waals surface area contributed by atoms with Gasteiger partial charge in [0.2, 0.25) is 0 Å². The van der Waals surface area contributed by atoms with Gasteiger partial charge in [-0.3, -0.25) is 4.79 Å². The maximum absolute atomic E-state index is 12.5. The molecule has 4 bridgehead atoms. The first-order valence-corrected chi connectivity index (χ1v) is 13.4. The average molecular weight is 499 g/mol. The molecule has 0 heterocycles. The van der Waals surface area contributed by atoms with E-state index in [-0.39, 0.29) is 23.8 Å². The van der Waals surface area contributed by atoms with Crippen LogP contribution in [0.4, 0.5) is 4.79 Å². The highest BCUT2D eigenvalue weighted by Crippen LogP contribution is 2.66. The van der Waals surface area contributed by atoms with Crippen LogP contribution in [0.3, 0.4) is 0 Å². The Morgan fingerprint density at radius 2 is 1.58 bits per heavy atom. The van der Waals surface area contributed by atoms with Crippen LogP contribution < -0.4 is 10.8 Å². The molecule has 4 fully saturated rings. The van der Waals surface area contributed by atoms with Gasteiger partial charge in [-0.2, -0.15) is 5.48 Å². The van der Waals surface area contributed by atoms with E-state index in [0.717, 1.165) is 37.7 Å². The number of esters is 1. The van der Waals surface area contributed by atoms with Crippen LogP contribution in [-0.2, 0) is 20.8 Å². The van der Waals surface area contributed by atoms with Crippen LogP contribution >= 0.6 is 0 Å². The molecular weight excluding hydrogens is 456 g/mol. The number of nitrogens with one attached hydrogen (secondary N) is 2. The van der Waals surface area contributed by atoms with Crippen molar-refractivity contribution >= 4 is 18.0 Å². The predicted molar refractivity (Wildman–Crippen MR) is 137 cm³/mol. The molecule has 4 aliphatic carbocycles. The fourth-order valence-electron chi connectivity index (χ4n) is 7.74. The van der Waals surface area contributed by atoms with E-state index in [1.165, 1.54) is 19.3 Å². The minimum Gasteiger partial charge on any atom is -0.456 e. The van der Waals surface area contributed by atoms with E-state index < -0.39 is 11.7 Å². The molecule has 7 nitrogen and oxygen atoms in total. The lowest BCUT2D eigenvalue weighted by molar-refractivity contribution is -0.132. The van der Waals surface area contributed by atoms with Gasteiger partial charge in [0.05, 0.1) is 5.56 Å². The third-order valence-electron chi connectivity index (χ3n) is 7.96. The van der Waals surface area contributed by atoms with Gasteiger partial charge in [-0.25, -0.2) is 9.59 Å². The number of amides is 2. The molecule has 0 radical (unpaired) electrons. The van der Waals surface area contributed by atoms with Crippen LogP contribution in [0.25, 0.3) is 0 Å². The number of ether oxygens (including phenoxy) is 1. The topological polar surface area (TPSA) is 93.7 Å². The molecule has 36 heavy (non-hydrogen) atoms. The average Bonchev–Trinajstić information content (AvgIpc) is 2.71. The molecule has 2 unspecified atom stereocenters. The number of rotatable bonds is 7. The number of hydroxylamine groups is 1. The van der Waals surface area contributed by atoms with E-state index in [1.807, 2.05) is 32.9 Å². The van der Waals surface area contributed by atoms with Crippen molar-refractivity contribution in [2.75, 3.05) is 0 Å². The van der Waals surface area contributed by atoms with Crippen LogP contribution in [-0.4, -0.2) is 29.1 Å². The number of hydrogen-bond acceptors (Lipinski definition) is 5. The highest BCUT2D eigenvalue weighted by Gasteiger charge is 2.60. The summed E-state index contributed by atoms with van der Waals surface area (Å²) < 4.78 is 5.38. The lowest BCUT2D eigenvalue weighted by Crippen LogP contribution is -2.65. The molecule has 0 spiro atoms. The van der Waals surface area contributed by atoms with E-state index >= 15 is 0 Å². The third kappa shape index (κ3) is 6.60. The van der Waals surface area contributed by atoms with E-state index in [0.29, 0.717) is 28.7 Å². The van der Waals surface area contributed by atoms with Gasteiger partial charge in [0, 0.05) is 12.0 Å². The van der Waals surface area contributed by atoms with Crippen molar-refractivity contribution in [3.8, 4) is 0 Å². The number of benzene rings is 1. The maximum Gasteiger partial charge on any atom is 0.431 e. The van der Waals surface area contributed by atoms with Crippen molar-refractivity contribution in [1.82, 2.24) is 10.8 Å². The molecule has 4 aliphatic rings. The fourth-order valence-corrected chi connectivity index (χ4v) is 7.74. The van der Waals surface area contributed by atoms with E-state index in [2.05, 4.69) is 24.6 Å². The quantitative estimate of drug-likeness (QED) is 0.279. The molecule has 4 saturated carbocycles. The van der Waals surface area contributed by atoms with Crippen molar-refractivity contribution < 1.29 is 24.0 Å². The Hall–Kier alpha value is -2.57. The molecule has 0 aliphatic heterocycles. The Bertz CT molecular complexity index is 978. The molecule has 7 heteroatoms. The summed E-state index contributed by atoms with van der Waals surface area (Å²) in [6.45, 7) is 10.2. The first-order chi connectivity index (χ1) is 16.8. The van der Waals surface area contributed by atoms with Crippen molar-refractivity contribution in [3.05, 3.63) is 35.4 Å². The van der Waals surface area contributed by atoms with Crippen LogP contribution in [0.15, 0.2) is 24.3 Å². The SMILES string of the molecule is CC12CC3CC(C)(C1)CC(NC(=O)ONC(=O)CCCCc1ccc(C(=O)OC(C)(C)C)cc1)(C3)C2. The van der Waals surface area contributed by atoms with Crippen molar-refractivity contribution in [2.24, 2.45) is 16.7 Å². The normalized spacial score (nSPS) is 30.5. The van der Waals surface area contributed by atoms with Gasteiger partial charge in [0.1, 0.15) is 5.60 Å². The maximum atomic E-state index is 12.5. The van der Waals surface area contributed by atoms with Gasteiger partial charge < -0.3 is 14.9 Å². The predicted octanol–water partition coefficient (Wildman–Crippen LogP) is 5.86. The molecular formula is C29H42N2O5. The summed E-state index contributed by atoms with van der Waals surface area (Å²) in [7, 11) is 0. The van der Waals surface area contributed by atoms with Crippen LogP contribution in [0.2, 0.25) is 0 Å².